The number of fused-ring (bicyclic) bond motifs is 3. The summed E-state index contributed by atoms with van der Waals surface area (Å²) < 4.78 is 83.7. The molecule has 0 aromatic heterocycles. The van der Waals surface area contributed by atoms with E-state index in [4.69, 9.17) is 28.9 Å². The number of hydroxylamine groups is 1. The first-order valence-corrected chi connectivity index (χ1v) is 30.4. The van der Waals surface area contributed by atoms with Crippen molar-refractivity contribution < 1.29 is 60.1 Å². The van der Waals surface area contributed by atoms with Gasteiger partial charge >= 0.3 is 11.9 Å². The molecule has 2 saturated carbocycles. The van der Waals surface area contributed by atoms with Gasteiger partial charge < -0.3 is 29.0 Å². The monoisotopic (exact) mass is 1080 g/mol. The van der Waals surface area contributed by atoms with Gasteiger partial charge in [-0.15, -0.1) is 0 Å². The third kappa shape index (κ3) is 12.3. The fourth-order valence-electron chi connectivity index (χ4n) is 12.6. The number of amides is 1. The molecule has 75 heavy (non-hydrogen) atoms. The van der Waals surface area contributed by atoms with E-state index < -0.39 is 26.0 Å². The highest BCUT2D eigenvalue weighted by molar-refractivity contribution is 7.90. The molecule has 1 amide bonds. The maximum atomic E-state index is 13.0. The summed E-state index contributed by atoms with van der Waals surface area (Å²) in [4.78, 5) is 34.8. The molecule has 11 rings (SSSR count). The Hall–Kier alpha value is -4.79. The molecule has 3 N–H and O–H groups in total. The Morgan fingerprint density at radius 3 is 1.24 bits per heavy atom. The number of aryl methyl sites for hydroxylation is 3. The third-order valence-corrected chi connectivity index (χ3v) is 22.2. The predicted molar refractivity (Wildman–Crippen MR) is 282 cm³/mol. The molecule has 2 aliphatic carbocycles. The average Bonchev–Trinajstić information content (AvgIpc) is 3.45. The van der Waals surface area contributed by atoms with Crippen molar-refractivity contribution >= 4 is 37.9 Å². The highest BCUT2D eigenvalue weighted by Gasteiger charge is 2.46. The van der Waals surface area contributed by atoms with Crippen LogP contribution in [0.25, 0.3) is 0 Å². The lowest BCUT2D eigenvalue weighted by Crippen LogP contribution is -2.52. The smallest absolute Gasteiger partial charge is 0.337 e. The van der Waals surface area contributed by atoms with Crippen molar-refractivity contribution in [2.45, 2.75) is 169 Å². The van der Waals surface area contributed by atoms with E-state index in [0.717, 1.165) is 175 Å². The molecule has 3 aromatic carbocycles. The number of ether oxygens (including phenoxy) is 5. The normalized spacial score (nSPS) is 22.4. The minimum atomic E-state index is -3.21. The molecule has 8 aliphatic rings. The Morgan fingerprint density at radius 2 is 0.880 bits per heavy atom. The first kappa shape index (κ1) is 55.0. The summed E-state index contributed by atoms with van der Waals surface area (Å²) in [6.07, 6.45) is 19.8. The number of sulfonamides is 2. The number of methoxy groups -OCH3 is 2. The fraction of sp³-hybridized carbons (Fsp3) is 0.625. The zero-order chi connectivity index (χ0) is 52.9. The quantitative estimate of drug-likeness (QED) is 0.117. The van der Waals surface area contributed by atoms with Crippen LogP contribution < -0.4 is 25.0 Å². The third-order valence-electron chi connectivity index (χ3n) is 17.4. The number of rotatable bonds is 7. The van der Waals surface area contributed by atoms with Crippen LogP contribution in [0.2, 0.25) is 0 Å². The van der Waals surface area contributed by atoms with Crippen LogP contribution in [0.15, 0.2) is 54.6 Å². The van der Waals surface area contributed by atoms with Crippen molar-refractivity contribution in [1.82, 2.24) is 19.4 Å². The van der Waals surface area contributed by atoms with Crippen LogP contribution in [0.3, 0.4) is 0 Å². The first-order valence-electron chi connectivity index (χ1n) is 27.4. The van der Waals surface area contributed by atoms with Gasteiger partial charge in [0.2, 0.25) is 20.0 Å². The number of nitrogens with zero attached hydrogens (tertiary/aromatic N) is 2. The van der Waals surface area contributed by atoms with Crippen molar-refractivity contribution in [3.63, 3.8) is 0 Å². The van der Waals surface area contributed by atoms with Crippen LogP contribution >= 0.6 is 0 Å². The maximum Gasteiger partial charge on any atom is 0.337 e. The molecule has 5 fully saturated rings. The van der Waals surface area contributed by atoms with Crippen molar-refractivity contribution in [3.8, 4) is 17.2 Å². The van der Waals surface area contributed by atoms with Crippen LogP contribution in [0.1, 0.15) is 170 Å². The second-order valence-corrected chi connectivity index (χ2v) is 26.3. The SMILES string of the molecule is COC(=O)c1ccc2c(c1)CCC1(CCN(S(=O)(=O)C3CCCCC3)CC1)O2.COC(=O)c1ccc2c(c1)CCC1(CCNCC1)O2.O=C(NO)c1ccc2c(c1)CCC1(CCN(S(=O)(=O)C3CCCCC3)CC1)O2. The van der Waals surface area contributed by atoms with Crippen LogP contribution in [0.4, 0.5) is 0 Å². The predicted octanol–water partition coefficient (Wildman–Crippen LogP) is 7.84. The highest BCUT2D eigenvalue weighted by Crippen LogP contribution is 2.43. The molecule has 17 nitrogen and oxygen atoms in total. The molecule has 3 spiro atoms. The van der Waals surface area contributed by atoms with Crippen LogP contribution in [-0.2, 0) is 48.8 Å². The number of benzene rings is 3. The van der Waals surface area contributed by atoms with Crippen LogP contribution in [0.5, 0.6) is 17.2 Å². The van der Waals surface area contributed by atoms with Crippen LogP contribution in [-0.4, -0.2) is 129 Å². The van der Waals surface area contributed by atoms with Crippen molar-refractivity contribution in [1.29, 1.82) is 0 Å². The number of carbonyl (C=O) groups excluding carboxylic acids is 3. The Morgan fingerprint density at radius 1 is 0.533 bits per heavy atom. The zero-order valence-electron chi connectivity index (χ0n) is 43.7. The van der Waals surface area contributed by atoms with E-state index in [9.17, 15) is 31.2 Å². The number of carbonyl (C=O) groups is 3. The minimum absolute atomic E-state index is 0.00499. The van der Waals surface area contributed by atoms with Gasteiger partial charge in [-0.25, -0.2) is 40.5 Å². The summed E-state index contributed by atoms with van der Waals surface area (Å²) in [6.45, 7) is 4.15. The minimum Gasteiger partial charge on any atom is -0.487 e. The number of hydrogen-bond donors (Lipinski definition) is 3. The summed E-state index contributed by atoms with van der Waals surface area (Å²) in [7, 11) is -3.62. The van der Waals surface area contributed by atoms with Gasteiger partial charge in [-0.05, 0) is 161 Å². The van der Waals surface area contributed by atoms with E-state index in [1.807, 2.05) is 24.3 Å². The van der Waals surface area contributed by atoms with E-state index in [0.29, 0.717) is 55.7 Å². The van der Waals surface area contributed by atoms with Crippen LogP contribution in [0, 0.1) is 0 Å². The zero-order valence-corrected chi connectivity index (χ0v) is 45.3. The lowest BCUT2D eigenvalue weighted by molar-refractivity contribution is 0.00122. The molecular weight excluding hydrogens is 1000 g/mol. The van der Waals surface area contributed by atoms with E-state index in [-0.39, 0.29) is 39.2 Å². The molecule has 3 saturated heterocycles. The van der Waals surface area contributed by atoms with Gasteiger partial charge in [-0.3, -0.25) is 10.0 Å². The van der Waals surface area contributed by atoms with Gasteiger partial charge in [0.1, 0.15) is 34.1 Å². The maximum absolute atomic E-state index is 13.0. The topological polar surface area (TPSA) is 216 Å². The number of piperidine rings is 3. The molecule has 0 atom stereocenters. The van der Waals surface area contributed by atoms with Gasteiger partial charge in [0.15, 0.2) is 0 Å². The lowest BCUT2D eigenvalue weighted by Gasteiger charge is -2.45. The van der Waals surface area contributed by atoms with Gasteiger partial charge in [0, 0.05) is 57.4 Å². The van der Waals surface area contributed by atoms with E-state index >= 15 is 0 Å². The summed E-state index contributed by atoms with van der Waals surface area (Å²) >= 11 is 0. The Bertz CT molecular complexity index is 2610. The van der Waals surface area contributed by atoms with Crippen molar-refractivity contribution in [2.24, 2.45) is 0 Å². The van der Waals surface area contributed by atoms with E-state index in [1.165, 1.54) is 14.2 Å². The number of hydrogen-bond acceptors (Lipinski definition) is 14. The molecule has 3 aromatic rings. The Labute approximate surface area is 442 Å². The molecule has 0 radical (unpaired) electrons. The molecule has 410 valence electrons. The van der Waals surface area contributed by atoms with Gasteiger partial charge in [-0.2, -0.15) is 0 Å². The summed E-state index contributed by atoms with van der Waals surface area (Å²) in [5.74, 6) is 1.33. The second-order valence-electron chi connectivity index (χ2n) is 21.9. The lowest BCUT2D eigenvalue weighted by atomic mass is 9.83. The summed E-state index contributed by atoms with van der Waals surface area (Å²) in [6, 6.07) is 16.1. The largest absolute Gasteiger partial charge is 0.487 e. The van der Waals surface area contributed by atoms with Crippen molar-refractivity contribution in [3.05, 3.63) is 88.0 Å². The summed E-state index contributed by atoms with van der Waals surface area (Å²) in [5, 5.41) is 11.8. The molecule has 6 heterocycles. The standard InChI is InChI=1S/C21H29NO5S.C20H28N2O5S.C15H19NO3/c1-26-20(23)17-7-8-19-16(15-17)9-10-21(27-19)11-13-22(14-12-21)28(24,25)18-5-3-2-4-6-18;23-19(21-24)16-6-7-18-15(14-16)8-9-20(27-18)10-12-22(13-11-20)28(25,26)17-4-2-1-3-5-17;1-18-14(17)12-2-3-13-11(10-12)4-5-15(19-13)6-8-16-9-7-15/h7-8,15,18H,2-6,9-14H2,1H3;6-7,14,17,24H,1-5,8-13H2,(H,21,23);2-3,10,16H,4-9H2,1H3. The molecular formula is C56H76N4O13S2. The Kier molecular flexibility index (Phi) is 17.2. The molecule has 19 heteroatoms. The number of nitrogens with one attached hydrogen (secondary N) is 2. The van der Waals surface area contributed by atoms with E-state index in [1.54, 1.807) is 44.4 Å². The molecule has 0 bridgehead atoms. The average molecular weight is 1080 g/mol. The summed E-state index contributed by atoms with van der Waals surface area (Å²) in [5.41, 5.74) is 5.65. The first-order chi connectivity index (χ1) is 36.1. The van der Waals surface area contributed by atoms with Crippen molar-refractivity contribution in [2.75, 3.05) is 53.5 Å². The van der Waals surface area contributed by atoms with Gasteiger partial charge in [0.25, 0.3) is 5.91 Å². The molecule has 6 aliphatic heterocycles. The second kappa shape index (κ2) is 23.4. The van der Waals surface area contributed by atoms with Gasteiger partial charge in [0.05, 0.1) is 35.8 Å². The molecule has 0 unspecified atom stereocenters. The number of esters is 2. The van der Waals surface area contributed by atoms with E-state index in [2.05, 4.69) is 5.32 Å². The highest BCUT2D eigenvalue weighted by atomic mass is 32.2. The fourth-order valence-corrected chi connectivity index (χ4v) is 16.7. The Balaban J connectivity index is 0.000000141. The van der Waals surface area contributed by atoms with Gasteiger partial charge in [-0.1, -0.05) is 38.5 Å².